The van der Waals surface area contributed by atoms with E-state index in [1.807, 2.05) is 23.8 Å². The first-order chi connectivity index (χ1) is 9.04. The van der Waals surface area contributed by atoms with Gasteiger partial charge in [-0.25, -0.2) is 8.42 Å². The highest BCUT2D eigenvalue weighted by Gasteiger charge is 2.25. The fourth-order valence-electron chi connectivity index (χ4n) is 1.80. The van der Waals surface area contributed by atoms with E-state index in [0.717, 1.165) is 12.0 Å². The molecular formula is C12H17N3O2S2. The summed E-state index contributed by atoms with van der Waals surface area (Å²) in [5, 5.41) is 7.86. The molecule has 0 aliphatic rings. The van der Waals surface area contributed by atoms with E-state index in [0.29, 0.717) is 13.1 Å². The molecule has 104 valence electrons. The SMILES string of the molecule is CCCN(Cc1ccsc1)S(=O)(=O)c1cnn(C)c1. The van der Waals surface area contributed by atoms with Crippen LogP contribution in [0, 0.1) is 0 Å². The molecule has 0 N–H and O–H groups in total. The fourth-order valence-corrected chi connectivity index (χ4v) is 3.97. The zero-order valence-electron chi connectivity index (χ0n) is 11.0. The van der Waals surface area contributed by atoms with Crippen molar-refractivity contribution < 1.29 is 8.42 Å². The number of sulfonamides is 1. The van der Waals surface area contributed by atoms with Gasteiger partial charge in [-0.15, -0.1) is 0 Å². The van der Waals surface area contributed by atoms with Crippen LogP contribution in [0.15, 0.2) is 34.1 Å². The van der Waals surface area contributed by atoms with Gasteiger partial charge < -0.3 is 0 Å². The van der Waals surface area contributed by atoms with E-state index in [2.05, 4.69) is 5.10 Å². The molecule has 0 atom stereocenters. The fraction of sp³-hybridized carbons (Fsp3) is 0.417. The van der Waals surface area contributed by atoms with Crippen LogP contribution in [0.3, 0.4) is 0 Å². The number of thiophene rings is 1. The maximum Gasteiger partial charge on any atom is 0.246 e. The Labute approximate surface area is 117 Å². The van der Waals surface area contributed by atoms with Gasteiger partial charge >= 0.3 is 0 Å². The van der Waals surface area contributed by atoms with Gasteiger partial charge in [0.15, 0.2) is 0 Å². The van der Waals surface area contributed by atoms with Gasteiger partial charge in [0, 0.05) is 26.3 Å². The van der Waals surface area contributed by atoms with Gasteiger partial charge in [-0.2, -0.15) is 20.7 Å². The molecule has 0 aliphatic carbocycles. The molecule has 2 aromatic heterocycles. The number of aryl methyl sites for hydroxylation is 1. The molecule has 0 spiro atoms. The van der Waals surface area contributed by atoms with Crippen LogP contribution in [0.1, 0.15) is 18.9 Å². The van der Waals surface area contributed by atoms with Crippen molar-refractivity contribution >= 4 is 21.4 Å². The highest BCUT2D eigenvalue weighted by atomic mass is 32.2. The van der Waals surface area contributed by atoms with Crippen LogP contribution >= 0.6 is 11.3 Å². The minimum absolute atomic E-state index is 0.249. The van der Waals surface area contributed by atoms with Crippen molar-refractivity contribution in [1.29, 1.82) is 0 Å². The third-order valence-electron chi connectivity index (χ3n) is 2.73. The number of hydrogen-bond acceptors (Lipinski definition) is 4. The molecular weight excluding hydrogens is 282 g/mol. The minimum atomic E-state index is -3.46. The zero-order chi connectivity index (χ0) is 13.9. The molecule has 0 saturated carbocycles. The van der Waals surface area contributed by atoms with Gasteiger partial charge in [0.25, 0.3) is 0 Å². The van der Waals surface area contributed by atoms with Crippen molar-refractivity contribution in [3.05, 3.63) is 34.8 Å². The lowest BCUT2D eigenvalue weighted by molar-refractivity contribution is 0.406. The normalized spacial score (nSPS) is 12.2. The number of aromatic nitrogens is 2. The lowest BCUT2D eigenvalue weighted by atomic mass is 10.3. The summed E-state index contributed by atoms with van der Waals surface area (Å²) in [5.41, 5.74) is 1.02. The first kappa shape index (κ1) is 14.2. The van der Waals surface area contributed by atoms with E-state index < -0.39 is 10.0 Å². The van der Waals surface area contributed by atoms with Crippen LogP contribution in [-0.2, 0) is 23.6 Å². The van der Waals surface area contributed by atoms with E-state index in [9.17, 15) is 8.42 Å². The molecule has 0 fully saturated rings. The minimum Gasteiger partial charge on any atom is -0.274 e. The second kappa shape index (κ2) is 5.85. The zero-order valence-corrected chi connectivity index (χ0v) is 12.6. The van der Waals surface area contributed by atoms with Crippen molar-refractivity contribution in [2.45, 2.75) is 24.8 Å². The summed E-state index contributed by atoms with van der Waals surface area (Å²) in [7, 11) is -1.75. The predicted molar refractivity (Wildman–Crippen MR) is 75.4 cm³/mol. The molecule has 2 heterocycles. The molecule has 7 heteroatoms. The standard InChI is InChI=1S/C12H17N3O2S2/c1-3-5-15(8-11-4-6-18-10-11)19(16,17)12-7-13-14(2)9-12/h4,6-7,9-10H,3,5,8H2,1-2H3. The smallest absolute Gasteiger partial charge is 0.246 e. The molecule has 0 unspecified atom stereocenters. The van der Waals surface area contributed by atoms with E-state index in [-0.39, 0.29) is 4.90 Å². The van der Waals surface area contributed by atoms with E-state index in [1.54, 1.807) is 18.4 Å². The van der Waals surface area contributed by atoms with E-state index >= 15 is 0 Å². The van der Waals surface area contributed by atoms with Crippen LogP contribution in [0.5, 0.6) is 0 Å². The third kappa shape index (κ3) is 3.23. The average Bonchev–Trinajstić information content (AvgIpc) is 3.00. The maximum atomic E-state index is 12.5. The Morgan fingerprint density at radius 3 is 2.79 bits per heavy atom. The summed E-state index contributed by atoms with van der Waals surface area (Å²) < 4.78 is 28.1. The lowest BCUT2D eigenvalue weighted by Gasteiger charge is -2.20. The summed E-state index contributed by atoms with van der Waals surface area (Å²) in [4.78, 5) is 0.249. The molecule has 0 amide bonds. The van der Waals surface area contributed by atoms with Gasteiger partial charge in [-0.1, -0.05) is 6.92 Å². The van der Waals surface area contributed by atoms with Crippen LogP contribution < -0.4 is 0 Å². The van der Waals surface area contributed by atoms with Crippen molar-refractivity contribution in [3.63, 3.8) is 0 Å². The maximum absolute atomic E-state index is 12.5. The predicted octanol–water partition coefficient (Wildman–Crippen LogP) is 2.08. The first-order valence-corrected chi connectivity index (χ1v) is 8.42. The Morgan fingerprint density at radius 2 is 2.26 bits per heavy atom. The molecule has 2 rings (SSSR count). The Hall–Kier alpha value is -1.18. The van der Waals surface area contributed by atoms with Gasteiger partial charge in [0.2, 0.25) is 10.0 Å². The lowest BCUT2D eigenvalue weighted by Crippen LogP contribution is -2.31. The first-order valence-electron chi connectivity index (χ1n) is 6.04. The molecule has 0 aliphatic heterocycles. The molecule has 5 nitrogen and oxygen atoms in total. The number of hydrogen-bond donors (Lipinski definition) is 0. The van der Waals surface area contributed by atoms with Crippen LogP contribution in [0.4, 0.5) is 0 Å². The molecule has 0 radical (unpaired) electrons. The Balaban J connectivity index is 2.27. The number of nitrogens with zero attached hydrogens (tertiary/aromatic N) is 3. The Bertz CT molecular complexity index is 617. The molecule has 0 saturated heterocycles. The molecule has 0 bridgehead atoms. The van der Waals surface area contributed by atoms with Crippen LogP contribution in [0.25, 0.3) is 0 Å². The van der Waals surface area contributed by atoms with Crippen molar-refractivity contribution in [2.75, 3.05) is 6.54 Å². The van der Waals surface area contributed by atoms with E-state index in [4.69, 9.17) is 0 Å². The van der Waals surface area contributed by atoms with Gasteiger partial charge in [-0.05, 0) is 28.8 Å². The van der Waals surface area contributed by atoms with Crippen LogP contribution in [-0.4, -0.2) is 29.0 Å². The Morgan fingerprint density at radius 1 is 1.47 bits per heavy atom. The summed E-state index contributed by atoms with van der Waals surface area (Å²) in [6.07, 6.45) is 3.71. The van der Waals surface area contributed by atoms with Crippen LogP contribution in [0.2, 0.25) is 0 Å². The second-order valence-corrected chi connectivity index (χ2v) is 7.04. The summed E-state index contributed by atoms with van der Waals surface area (Å²) in [6.45, 7) is 2.89. The topological polar surface area (TPSA) is 55.2 Å². The van der Waals surface area contributed by atoms with Gasteiger partial charge in [0.05, 0.1) is 6.20 Å². The van der Waals surface area contributed by atoms with E-state index in [1.165, 1.54) is 21.4 Å². The average molecular weight is 299 g/mol. The highest BCUT2D eigenvalue weighted by molar-refractivity contribution is 7.89. The summed E-state index contributed by atoms with van der Waals surface area (Å²) >= 11 is 1.57. The molecule has 2 aromatic rings. The second-order valence-electron chi connectivity index (χ2n) is 4.32. The highest BCUT2D eigenvalue weighted by Crippen LogP contribution is 2.19. The number of rotatable bonds is 6. The van der Waals surface area contributed by atoms with Gasteiger partial charge in [0.1, 0.15) is 4.90 Å². The van der Waals surface area contributed by atoms with Crippen molar-refractivity contribution in [2.24, 2.45) is 7.05 Å². The summed E-state index contributed by atoms with van der Waals surface area (Å²) in [6, 6.07) is 1.95. The monoisotopic (exact) mass is 299 g/mol. The molecule has 0 aromatic carbocycles. The van der Waals surface area contributed by atoms with Gasteiger partial charge in [-0.3, -0.25) is 4.68 Å². The summed E-state index contributed by atoms with van der Waals surface area (Å²) in [5.74, 6) is 0. The molecule has 19 heavy (non-hydrogen) atoms. The Kier molecular flexibility index (Phi) is 4.38. The quantitative estimate of drug-likeness (QED) is 0.820. The largest absolute Gasteiger partial charge is 0.274 e. The third-order valence-corrected chi connectivity index (χ3v) is 5.26. The van der Waals surface area contributed by atoms with Crippen molar-refractivity contribution in [1.82, 2.24) is 14.1 Å². The van der Waals surface area contributed by atoms with Crippen molar-refractivity contribution in [3.8, 4) is 0 Å².